The summed E-state index contributed by atoms with van der Waals surface area (Å²) in [6.45, 7) is 4.35. The van der Waals surface area contributed by atoms with Crippen LogP contribution in [0.3, 0.4) is 0 Å². The lowest BCUT2D eigenvalue weighted by molar-refractivity contribution is -0.0311. The van der Waals surface area contributed by atoms with Crippen molar-refractivity contribution in [2.75, 3.05) is 32.2 Å². The van der Waals surface area contributed by atoms with Crippen LogP contribution in [0.2, 0.25) is 0 Å². The quantitative estimate of drug-likeness (QED) is 0.0694. The highest BCUT2D eigenvalue weighted by atomic mass is 32.2. The van der Waals surface area contributed by atoms with E-state index in [-0.39, 0.29) is 25.7 Å². The van der Waals surface area contributed by atoms with Crippen LogP contribution in [0.25, 0.3) is 44.2 Å². The predicted molar refractivity (Wildman–Crippen MR) is 204 cm³/mol. The van der Waals surface area contributed by atoms with Gasteiger partial charge >= 0.3 is 11.3 Å². The molecular weight excluding hydrogens is 665 g/mol. The average Bonchev–Trinajstić information content (AvgIpc) is 3.16. The number of benzene rings is 4. The Kier molecular flexibility index (Phi) is 12.4. The lowest BCUT2D eigenvalue weighted by atomic mass is 10.0. The monoisotopic (exact) mass is 704 g/mol. The predicted octanol–water partition coefficient (Wildman–Crippen LogP) is 8.73. The molecule has 1 N–H and O–H groups in total. The molecule has 0 amide bonds. The highest BCUT2D eigenvalue weighted by Crippen LogP contribution is 2.27. The Labute approximate surface area is 300 Å². The molecule has 8 nitrogen and oxygen atoms in total. The SMILES string of the molecule is C=CSCCCCC(CO)COC(COc1ccc2cc(-c3ccccc3)c(=O)oc2c1)COc1ccc2cc(-c3ccccc3)c(=O)oc2c1. The van der Waals surface area contributed by atoms with Crippen LogP contribution < -0.4 is 20.7 Å². The summed E-state index contributed by atoms with van der Waals surface area (Å²) >= 11 is 1.69. The van der Waals surface area contributed by atoms with E-state index in [1.54, 1.807) is 23.9 Å². The van der Waals surface area contributed by atoms with Gasteiger partial charge in [0.1, 0.15) is 42.0 Å². The van der Waals surface area contributed by atoms with Gasteiger partial charge in [0.25, 0.3) is 0 Å². The van der Waals surface area contributed by atoms with Crippen molar-refractivity contribution < 1.29 is 28.2 Å². The summed E-state index contributed by atoms with van der Waals surface area (Å²) in [5.41, 5.74) is 2.52. The van der Waals surface area contributed by atoms with Crippen molar-refractivity contribution >= 4 is 33.7 Å². The number of ether oxygens (including phenoxy) is 3. The fourth-order valence-corrected chi connectivity index (χ4v) is 6.26. The average molecular weight is 705 g/mol. The van der Waals surface area contributed by atoms with Gasteiger partial charge in [-0.25, -0.2) is 9.59 Å². The minimum atomic E-state index is -0.512. The first-order valence-electron chi connectivity index (χ1n) is 17.0. The molecule has 6 rings (SSSR count). The second kappa shape index (κ2) is 17.7. The molecule has 1 atom stereocenters. The fraction of sp³-hybridized carbons (Fsp3) is 0.238. The number of unbranched alkanes of at least 4 members (excludes halogenated alkanes) is 1. The van der Waals surface area contributed by atoms with Crippen LogP contribution in [0.15, 0.2) is 140 Å². The number of hydrogen-bond donors (Lipinski definition) is 1. The van der Waals surface area contributed by atoms with Gasteiger partial charge in [0.2, 0.25) is 0 Å². The Balaban J connectivity index is 1.15. The second-order valence-corrected chi connectivity index (χ2v) is 13.3. The summed E-state index contributed by atoms with van der Waals surface area (Å²) in [6, 6.07) is 33.2. The van der Waals surface area contributed by atoms with Crippen LogP contribution in [0.4, 0.5) is 0 Å². The molecule has 4 aromatic carbocycles. The molecule has 0 saturated heterocycles. The zero-order chi connectivity index (χ0) is 35.4. The van der Waals surface area contributed by atoms with Crippen LogP contribution >= 0.6 is 11.8 Å². The molecule has 2 heterocycles. The van der Waals surface area contributed by atoms with E-state index < -0.39 is 17.4 Å². The normalized spacial score (nSPS) is 12.0. The standard InChI is InChI=1S/C42H40O8S/c1-2-51-20-10-9-11-29(25-43)26-46-36(27-47-34-18-16-32-21-37(30-12-5-3-6-13-30)41(44)49-39(32)23-34)28-48-35-19-17-33-22-38(31-14-7-4-8-15-31)42(45)50-40(33)24-35/h2-8,12-19,21-24,29,36,43H,1,9-11,20,25-28H2. The lowest BCUT2D eigenvalue weighted by Gasteiger charge is -2.22. The van der Waals surface area contributed by atoms with Gasteiger partial charge < -0.3 is 28.2 Å². The highest BCUT2D eigenvalue weighted by Gasteiger charge is 2.18. The first kappa shape index (κ1) is 35.7. The van der Waals surface area contributed by atoms with E-state index in [0.29, 0.717) is 40.4 Å². The molecule has 6 aromatic rings. The third-order valence-corrected chi connectivity index (χ3v) is 9.28. The van der Waals surface area contributed by atoms with E-state index >= 15 is 0 Å². The van der Waals surface area contributed by atoms with E-state index in [4.69, 9.17) is 23.0 Å². The van der Waals surface area contributed by atoms with Gasteiger partial charge in [0.15, 0.2) is 0 Å². The molecule has 9 heteroatoms. The Morgan fingerprint density at radius 3 is 1.71 bits per heavy atom. The molecule has 0 aliphatic carbocycles. The van der Waals surface area contributed by atoms with Crippen molar-refractivity contribution in [1.82, 2.24) is 0 Å². The van der Waals surface area contributed by atoms with Crippen LogP contribution in [0.1, 0.15) is 19.3 Å². The topological polar surface area (TPSA) is 108 Å². The molecule has 0 bridgehead atoms. The van der Waals surface area contributed by atoms with E-state index in [9.17, 15) is 14.7 Å². The summed E-state index contributed by atoms with van der Waals surface area (Å²) in [7, 11) is 0. The van der Waals surface area contributed by atoms with E-state index in [1.165, 1.54) is 0 Å². The highest BCUT2D eigenvalue weighted by molar-refractivity contribution is 8.02. The van der Waals surface area contributed by atoms with Crippen LogP contribution in [-0.2, 0) is 4.74 Å². The number of aliphatic hydroxyl groups is 1. The van der Waals surface area contributed by atoms with Gasteiger partial charge in [-0.05, 0) is 71.5 Å². The second-order valence-electron chi connectivity index (χ2n) is 12.2. The third-order valence-electron chi connectivity index (χ3n) is 8.52. The fourth-order valence-electron chi connectivity index (χ4n) is 5.72. The smallest absolute Gasteiger partial charge is 0.344 e. The zero-order valence-corrected chi connectivity index (χ0v) is 29.0. The molecule has 2 aromatic heterocycles. The molecule has 262 valence electrons. The molecule has 0 fully saturated rings. The minimum Gasteiger partial charge on any atom is -0.491 e. The van der Waals surface area contributed by atoms with E-state index in [0.717, 1.165) is 46.9 Å². The van der Waals surface area contributed by atoms with Gasteiger partial charge in [-0.15, -0.1) is 11.8 Å². The molecule has 0 spiro atoms. The summed E-state index contributed by atoms with van der Waals surface area (Å²) in [5.74, 6) is 1.97. The number of aliphatic hydroxyl groups excluding tert-OH is 1. The summed E-state index contributed by atoms with van der Waals surface area (Å²) in [5, 5.41) is 13.4. The maximum Gasteiger partial charge on any atom is 0.344 e. The van der Waals surface area contributed by atoms with Crippen LogP contribution in [0.5, 0.6) is 11.5 Å². The van der Waals surface area contributed by atoms with Crippen LogP contribution in [0, 0.1) is 5.92 Å². The van der Waals surface area contributed by atoms with Crippen molar-refractivity contribution in [2.45, 2.75) is 25.4 Å². The molecule has 0 aliphatic heterocycles. The first-order chi connectivity index (χ1) is 25.0. The summed E-state index contributed by atoms with van der Waals surface area (Å²) in [4.78, 5) is 25.6. The molecule has 51 heavy (non-hydrogen) atoms. The molecule has 0 radical (unpaired) electrons. The van der Waals surface area contributed by atoms with Crippen molar-refractivity contribution in [3.8, 4) is 33.8 Å². The largest absolute Gasteiger partial charge is 0.491 e. The molecular formula is C42H40O8S. The third kappa shape index (κ3) is 9.58. The molecule has 1 unspecified atom stereocenters. The van der Waals surface area contributed by atoms with Gasteiger partial charge in [0.05, 0.1) is 17.7 Å². The van der Waals surface area contributed by atoms with Gasteiger partial charge in [0, 0.05) is 35.4 Å². The zero-order valence-electron chi connectivity index (χ0n) is 28.2. The maximum atomic E-state index is 12.8. The number of rotatable bonds is 18. The number of thioether (sulfide) groups is 1. The van der Waals surface area contributed by atoms with Crippen molar-refractivity contribution in [3.05, 3.63) is 142 Å². The van der Waals surface area contributed by atoms with Crippen LogP contribution in [-0.4, -0.2) is 43.4 Å². The van der Waals surface area contributed by atoms with Gasteiger partial charge in [-0.3, -0.25) is 0 Å². The van der Waals surface area contributed by atoms with Crippen molar-refractivity contribution in [3.63, 3.8) is 0 Å². The summed E-state index contributed by atoms with van der Waals surface area (Å²) in [6.07, 6.45) is 2.31. The van der Waals surface area contributed by atoms with E-state index in [2.05, 4.69) is 6.58 Å². The Hall–Kier alpha value is -5.09. The minimum absolute atomic E-state index is 0.00634. The first-order valence-corrected chi connectivity index (χ1v) is 18.0. The Morgan fingerprint density at radius 2 is 1.22 bits per heavy atom. The summed E-state index contributed by atoms with van der Waals surface area (Å²) < 4.78 is 29.9. The Bertz CT molecular complexity index is 2020. The number of hydrogen-bond acceptors (Lipinski definition) is 9. The van der Waals surface area contributed by atoms with Gasteiger partial charge in [-0.2, -0.15) is 0 Å². The number of fused-ring (bicyclic) bond motifs is 2. The Morgan fingerprint density at radius 1 is 0.686 bits per heavy atom. The lowest BCUT2D eigenvalue weighted by Crippen LogP contribution is -2.31. The molecule has 0 aliphatic rings. The molecule has 0 saturated carbocycles. The maximum absolute atomic E-state index is 12.8. The van der Waals surface area contributed by atoms with E-state index in [1.807, 2.05) is 102 Å². The van der Waals surface area contributed by atoms with Crippen molar-refractivity contribution in [2.24, 2.45) is 5.92 Å². The van der Waals surface area contributed by atoms with Crippen molar-refractivity contribution in [1.29, 1.82) is 0 Å². The van der Waals surface area contributed by atoms with Gasteiger partial charge in [-0.1, -0.05) is 73.7 Å².